The molecule has 1 aliphatic carbocycles. The van der Waals surface area contributed by atoms with Crippen molar-refractivity contribution in [3.63, 3.8) is 0 Å². The fourth-order valence-corrected chi connectivity index (χ4v) is 3.05. The number of fused-ring (bicyclic) bond motifs is 1. The van der Waals surface area contributed by atoms with Crippen LogP contribution in [0.4, 0.5) is 0 Å². The zero-order chi connectivity index (χ0) is 13.6. The lowest BCUT2D eigenvalue weighted by Gasteiger charge is -2.19. The predicted octanol–water partition coefficient (Wildman–Crippen LogP) is 0.371. The van der Waals surface area contributed by atoms with Crippen molar-refractivity contribution < 1.29 is 14.7 Å². The van der Waals surface area contributed by atoms with Gasteiger partial charge in [0.15, 0.2) is 0 Å². The molecule has 0 aromatic carbocycles. The maximum Gasteiger partial charge on any atom is 0.307 e. The summed E-state index contributed by atoms with van der Waals surface area (Å²) in [5, 5.41) is 13.2. The molecule has 1 unspecified atom stereocenters. The zero-order valence-electron chi connectivity index (χ0n) is 10.8. The van der Waals surface area contributed by atoms with E-state index in [4.69, 9.17) is 5.11 Å². The maximum atomic E-state index is 12.0. The molecule has 1 aliphatic heterocycles. The van der Waals surface area contributed by atoms with Gasteiger partial charge in [0.05, 0.1) is 11.6 Å². The second kappa shape index (κ2) is 4.36. The van der Waals surface area contributed by atoms with Crippen LogP contribution in [0.1, 0.15) is 12.1 Å². The molecule has 0 bridgehead atoms. The van der Waals surface area contributed by atoms with E-state index in [0.717, 1.165) is 5.69 Å². The Hall–Kier alpha value is -1.85. The fraction of sp³-hybridized carbons (Fsp3) is 0.615. The number of aryl methyl sites for hydroxylation is 2. The van der Waals surface area contributed by atoms with Gasteiger partial charge in [-0.25, -0.2) is 0 Å². The summed E-state index contributed by atoms with van der Waals surface area (Å²) < 4.78 is 1.77. The summed E-state index contributed by atoms with van der Waals surface area (Å²) in [6.07, 6.45) is 2.29. The third-order valence-electron chi connectivity index (χ3n) is 4.16. The molecule has 2 aliphatic rings. The third kappa shape index (κ3) is 2.22. The van der Waals surface area contributed by atoms with Crippen LogP contribution in [-0.4, -0.2) is 44.8 Å². The largest absolute Gasteiger partial charge is 0.481 e. The van der Waals surface area contributed by atoms with Crippen molar-refractivity contribution in [1.29, 1.82) is 0 Å². The molecule has 1 aromatic rings. The number of piperidine rings is 1. The van der Waals surface area contributed by atoms with Crippen molar-refractivity contribution in [2.75, 3.05) is 13.1 Å². The Labute approximate surface area is 111 Å². The number of hydrogen-bond donors (Lipinski definition) is 1. The molecule has 1 saturated heterocycles. The molecular weight excluding hydrogens is 246 g/mol. The maximum absolute atomic E-state index is 12.0. The highest BCUT2D eigenvalue weighted by Crippen LogP contribution is 2.51. The lowest BCUT2D eigenvalue weighted by Crippen LogP contribution is -2.33. The predicted molar refractivity (Wildman–Crippen MR) is 66.3 cm³/mol. The first-order valence-electron chi connectivity index (χ1n) is 6.57. The van der Waals surface area contributed by atoms with E-state index >= 15 is 0 Å². The molecule has 0 spiro atoms. The number of hydrogen-bond acceptors (Lipinski definition) is 3. The summed E-state index contributed by atoms with van der Waals surface area (Å²) in [6.45, 7) is 3.72. The summed E-state index contributed by atoms with van der Waals surface area (Å²) in [5.74, 6) is -0.446. The first kappa shape index (κ1) is 12.2. The zero-order valence-corrected chi connectivity index (χ0v) is 10.8. The summed E-state index contributed by atoms with van der Waals surface area (Å²) in [7, 11) is 0. The summed E-state index contributed by atoms with van der Waals surface area (Å²) in [4.78, 5) is 24.7. The Balaban J connectivity index is 1.47. The van der Waals surface area contributed by atoms with E-state index in [1.165, 1.54) is 0 Å². The van der Waals surface area contributed by atoms with E-state index in [9.17, 15) is 9.59 Å². The number of carboxylic acid groups (broad SMARTS) is 1. The first-order valence-corrected chi connectivity index (χ1v) is 6.57. The number of nitrogens with zero attached hydrogens (tertiary/aromatic N) is 3. The average Bonchev–Trinajstić information content (AvgIpc) is 2.74. The van der Waals surface area contributed by atoms with Crippen LogP contribution in [0.3, 0.4) is 0 Å². The Morgan fingerprint density at radius 1 is 1.42 bits per heavy atom. The SMILES string of the molecule is Cc1ccn(CCC(=O)N2C[C@@H]3C(C(=O)O)[C@@H]3C2)n1. The molecule has 19 heavy (non-hydrogen) atoms. The molecule has 102 valence electrons. The molecule has 3 rings (SSSR count). The molecule has 3 atom stereocenters. The Morgan fingerprint density at radius 3 is 2.63 bits per heavy atom. The summed E-state index contributed by atoms with van der Waals surface area (Å²) in [6, 6.07) is 1.91. The fourth-order valence-electron chi connectivity index (χ4n) is 3.05. The highest BCUT2D eigenvalue weighted by atomic mass is 16.4. The van der Waals surface area contributed by atoms with Crippen molar-refractivity contribution in [1.82, 2.24) is 14.7 Å². The van der Waals surface area contributed by atoms with Crippen molar-refractivity contribution in [2.24, 2.45) is 17.8 Å². The van der Waals surface area contributed by atoms with Crippen LogP contribution < -0.4 is 0 Å². The van der Waals surface area contributed by atoms with Gasteiger partial charge in [0.2, 0.25) is 5.91 Å². The van der Waals surface area contributed by atoms with Crippen LogP contribution in [0.5, 0.6) is 0 Å². The number of carboxylic acids is 1. The van der Waals surface area contributed by atoms with Crippen molar-refractivity contribution in [3.8, 4) is 0 Å². The minimum Gasteiger partial charge on any atom is -0.481 e. The standard InChI is InChI=1S/C13H17N3O3/c1-8-2-4-16(14-8)5-3-11(17)15-6-9-10(7-15)12(9)13(18)19/h2,4,9-10,12H,3,5-7H2,1H3,(H,18,19)/t9-,10+,12?. The molecule has 0 radical (unpaired) electrons. The number of amides is 1. The molecule has 2 fully saturated rings. The van der Waals surface area contributed by atoms with E-state index < -0.39 is 5.97 Å². The number of rotatable bonds is 4. The normalized spacial score (nSPS) is 28.3. The van der Waals surface area contributed by atoms with Gasteiger partial charge in [0.1, 0.15) is 0 Å². The van der Waals surface area contributed by atoms with Gasteiger partial charge >= 0.3 is 5.97 Å². The number of carbonyl (C=O) groups excluding carboxylic acids is 1. The highest BCUT2D eigenvalue weighted by molar-refractivity contribution is 5.79. The number of aromatic nitrogens is 2. The summed E-state index contributed by atoms with van der Waals surface area (Å²) >= 11 is 0. The van der Waals surface area contributed by atoms with E-state index in [1.54, 1.807) is 9.58 Å². The van der Waals surface area contributed by atoms with Crippen LogP contribution in [-0.2, 0) is 16.1 Å². The molecule has 2 heterocycles. The second-order valence-corrected chi connectivity index (χ2v) is 5.46. The molecule has 6 nitrogen and oxygen atoms in total. The van der Waals surface area contributed by atoms with Crippen LogP contribution in [0.2, 0.25) is 0 Å². The van der Waals surface area contributed by atoms with Crippen LogP contribution in [0, 0.1) is 24.7 Å². The van der Waals surface area contributed by atoms with Crippen LogP contribution >= 0.6 is 0 Å². The van der Waals surface area contributed by atoms with Crippen molar-refractivity contribution in [3.05, 3.63) is 18.0 Å². The van der Waals surface area contributed by atoms with E-state index in [-0.39, 0.29) is 23.7 Å². The second-order valence-electron chi connectivity index (χ2n) is 5.46. The van der Waals surface area contributed by atoms with Gasteiger partial charge in [0.25, 0.3) is 0 Å². The monoisotopic (exact) mass is 263 g/mol. The van der Waals surface area contributed by atoms with Gasteiger partial charge in [0, 0.05) is 32.3 Å². The topological polar surface area (TPSA) is 75.4 Å². The van der Waals surface area contributed by atoms with Gasteiger partial charge in [-0.1, -0.05) is 0 Å². The first-order chi connectivity index (χ1) is 9.06. The third-order valence-corrected chi connectivity index (χ3v) is 4.16. The lowest BCUT2D eigenvalue weighted by molar-refractivity contribution is -0.141. The quantitative estimate of drug-likeness (QED) is 0.851. The molecule has 6 heteroatoms. The molecule has 1 aromatic heterocycles. The number of aliphatic carboxylic acids is 1. The smallest absolute Gasteiger partial charge is 0.307 e. The molecular formula is C13H17N3O3. The number of likely N-dealkylation sites (tertiary alicyclic amines) is 1. The molecule has 1 amide bonds. The molecule has 1 N–H and O–H groups in total. The average molecular weight is 263 g/mol. The Kier molecular flexibility index (Phi) is 2.80. The van der Waals surface area contributed by atoms with Gasteiger partial charge < -0.3 is 10.0 Å². The minimum absolute atomic E-state index is 0.101. The Bertz CT molecular complexity index is 513. The van der Waals surface area contributed by atoms with E-state index in [1.807, 2.05) is 19.2 Å². The lowest BCUT2D eigenvalue weighted by atomic mass is 10.2. The number of carbonyl (C=O) groups is 2. The van der Waals surface area contributed by atoms with Gasteiger partial charge in [-0.2, -0.15) is 5.10 Å². The van der Waals surface area contributed by atoms with Crippen LogP contribution in [0.25, 0.3) is 0 Å². The van der Waals surface area contributed by atoms with E-state index in [2.05, 4.69) is 5.10 Å². The van der Waals surface area contributed by atoms with Gasteiger partial charge in [-0.05, 0) is 24.8 Å². The Morgan fingerprint density at radius 2 is 2.11 bits per heavy atom. The van der Waals surface area contributed by atoms with Gasteiger partial charge in [-0.3, -0.25) is 14.3 Å². The van der Waals surface area contributed by atoms with Gasteiger partial charge in [-0.15, -0.1) is 0 Å². The minimum atomic E-state index is -0.714. The van der Waals surface area contributed by atoms with E-state index in [0.29, 0.717) is 26.1 Å². The van der Waals surface area contributed by atoms with Crippen molar-refractivity contribution >= 4 is 11.9 Å². The van der Waals surface area contributed by atoms with Crippen molar-refractivity contribution in [2.45, 2.75) is 19.9 Å². The molecule has 1 saturated carbocycles. The van der Waals surface area contributed by atoms with Crippen LogP contribution in [0.15, 0.2) is 12.3 Å². The summed E-state index contributed by atoms with van der Waals surface area (Å²) in [5.41, 5.74) is 0.944. The highest BCUT2D eigenvalue weighted by Gasteiger charge is 2.60.